The van der Waals surface area contributed by atoms with Crippen LogP contribution in [0.4, 0.5) is 0 Å². The first-order chi connectivity index (χ1) is 10.3. The van der Waals surface area contributed by atoms with Gasteiger partial charge in [0.2, 0.25) is 0 Å². The molecule has 21 heavy (non-hydrogen) atoms. The summed E-state index contributed by atoms with van der Waals surface area (Å²) in [7, 11) is 0. The Morgan fingerprint density at radius 2 is 1.43 bits per heavy atom. The minimum absolute atomic E-state index is 0.316. The summed E-state index contributed by atoms with van der Waals surface area (Å²) in [5, 5.41) is 0. The Labute approximate surface area is 128 Å². The van der Waals surface area contributed by atoms with Gasteiger partial charge in [0, 0.05) is 18.0 Å². The van der Waals surface area contributed by atoms with Gasteiger partial charge in [0.15, 0.2) is 0 Å². The second-order valence-electron chi connectivity index (χ2n) is 4.50. The monoisotopic (exact) mass is 296 g/mol. The Bertz CT molecular complexity index is 697. The van der Waals surface area contributed by atoms with E-state index in [4.69, 9.17) is 16.3 Å². The van der Waals surface area contributed by atoms with Crippen molar-refractivity contribution in [3.05, 3.63) is 72.6 Å². The molecule has 0 N–H and O–H groups in total. The molecule has 0 aliphatic carbocycles. The number of nitrogens with zero attached hydrogens (tertiary/aromatic N) is 2. The topological polar surface area (TPSA) is 35.0 Å². The zero-order valence-corrected chi connectivity index (χ0v) is 12.0. The third kappa shape index (κ3) is 3.38. The number of hydrogen-bond donors (Lipinski definition) is 0. The molecule has 0 aliphatic heterocycles. The number of benzene rings is 2. The molecule has 0 aliphatic rings. The highest BCUT2D eigenvalue weighted by Crippen LogP contribution is 2.24. The second-order valence-corrected chi connectivity index (χ2v) is 4.77. The van der Waals surface area contributed by atoms with Crippen LogP contribution >= 0.6 is 11.6 Å². The molecule has 0 spiro atoms. The Balaban J connectivity index is 1.75. The molecule has 0 atom stereocenters. The van der Waals surface area contributed by atoms with Gasteiger partial charge in [-0.1, -0.05) is 42.5 Å². The fraction of sp³-hybridized carbons (Fsp3) is 0.0588. The first-order valence-electron chi connectivity index (χ1n) is 6.55. The van der Waals surface area contributed by atoms with Gasteiger partial charge in [-0.05, 0) is 23.3 Å². The number of hydrogen-bond acceptors (Lipinski definition) is 3. The molecule has 2 aromatic carbocycles. The van der Waals surface area contributed by atoms with Crippen molar-refractivity contribution in [3.8, 4) is 22.9 Å². The zero-order chi connectivity index (χ0) is 14.5. The Hall–Kier alpha value is -2.39. The van der Waals surface area contributed by atoms with Crippen LogP contribution in [-0.4, -0.2) is 9.97 Å². The summed E-state index contributed by atoms with van der Waals surface area (Å²) in [4.78, 5) is 8.22. The Morgan fingerprint density at radius 3 is 2.05 bits per heavy atom. The summed E-state index contributed by atoms with van der Waals surface area (Å²) < 4.78 is 5.60. The van der Waals surface area contributed by atoms with Gasteiger partial charge in [-0.25, -0.2) is 9.97 Å². The smallest absolute Gasteiger partial charge is 0.321 e. The molecular formula is C17H13ClN2O. The standard InChI is InChI=1S/C17H13ClN2O/c18-10-13-11-19-17(20-12-13)21-16-8-6-15(7-9-16)14-4-2-1-3-5-14/h1-9,11-12H,10H2. The highest BCUT2D eigenvalue weighted by molar-refractivity contribution is 6.17. The van der Waals surface area contributed by atoms with Crippen molar-refractivity contribution in [1.82, 2.24) is 9.97 Å². The highest BCUT2D eigenvalue weighted by Gasteiger charge is 2.02. The van der Waals surface area contributed by atoms with Crippen molar-refractivity contribution in [3.63, 3.8) is 0 Å². The molecule has 1 aromatic heterocycles. The van der Waals surface area contributed by atoms with Crippen molar-refractivity contribution in [2.75, 3.05) is 0 Å². The van der Waals surface area contributed by atoms with Crippen LogP contribution in [0.1, 0.15) is 5.56 Å². The first kappa shape index (κ1) is 13.6. The summed E-state index contributed by atoms with van der Waals surface area (Å²) in [6, 6.07) is 18.3. The van der Waals surface area contributed by atoms with Gasteiger partial charge in [0.25, 0.3) is 0 Å². The molecule has 4 heteroatoms. The van der Waals surface area contributed by atoms with Crippen molar-refractivity contribution in [2.24, 2.45) is 0 Å². The van der Waals surface area contributed by atoms with Gasteiger partial charge in [-0.15, -0.1) is 11.6 Å². The summed E-state index contributed by atoms with van der Waals surface area (Å²) in [5.41, 5.74) is 3.18. The van der Waals surface area contributed by atoms with E-state index < -0.39 is 0 Å². The average Bonchev–Trinajstić information content (AvgIpc) is 2.57. The van der Waals surface area contributed by atoms with E-state index >= 15 is 0 Å². The predicted molar refractivity (Wildman–Crippen MR) is 83.5 cm³/mol. The van der Waals surface area contributed by atoms with E-state index in [0.29, 0.717) is 17.6 Å². The minimum atomic E-state index is 0.316. The largest absolute Gasteiger partial charge is 0.424 e. The molecule has 3 nitrogen and oxygen atoms in total. The van der Waals surface area contributed by atoms with Crippen LogP contribution in [0.15, 0.2) is 67.0 Å². The summed E-state index contributed by atoms with van der Waals surface area (Å²) >= 11 is 5.69. The van der Waals surface area contributed by atoms with Crippen LogP contribution in [0.5, 0.6) is 11.8 Å². The van der Waals surface area contributed by atoms with Gasteiger partial charge < -0.3 is 4.74 Å². The van der Waals surface area contributed by atoms with Gasteiger partial charge >= 0.3 is 6.01 Å². The fourth-order valence-electron chi connectivity index (χ4n) is 1.92. The number of rotatable bonds is 4. The van der Waals surface area contributed by atoms with Crippen molar-refractivity contribution in [1.29, 1.82) is 0 Å². The molecule has 1 heterocycles. The molecule has 0 unspecified atom stereocenters. The van der Waals surface area contributed by atoms with Crippen LogP contribution in [0.25, 0.3) is 11.1 Å². The van der Waals surface area contributed by atoms with Crippen molar-refractivity contribution >= 4 is 11.6 Å². The summed E-state index contributed by atoms with van der Waals surface area (Å²) in [6.07, 6.45) is 3.32. The molecule has 0 amide bonds. The number of ether oxygens (including phenoxy) is 1. The number of alkyl halides is 1. The lowest BCUT2D eigenvalue weighted by atomic mass is 10.1. The van der Waals surface area contributed by atoms with E-state index in [9.17, 15) is 0 Å². The van der Waals surface area contributed by atoms with Crippen LogP contribution in [-0.2, 0) is 5.88 Å². The van der Waals surface area contributed by atoms with E-state index in [1.807, 2.05) is 42.5 Å². The quantitative estimate of drug-likeness (QED) is 0.656. The van der Waals surface area contributed by atoms with Gasteiger partial charge in [-0.3, -0.25) is 0 Å². The lowest BCUT2D eigenvalue weighted by molar-refractivity contribution is 0.441. The van der Waals surface area contributed by atoms with Gasteiger partial charge in [0.05, 0.1) is 5.88 Å². The number of aromatic nitrogens is 2. The van der Waals surface area contributed by atoms with Gasteiger partial charge in [0.1, 0.15) is 5.75 Å². The predicted octanol–water partition coefficient (Wildman–Crippen LogP) is 4.67. The van der Waals surface area contributed by atoms with E-state index in [0.717, 1.165) is 11.1 Å². The maximum Gasteiger partial charge on any atom is 0.321 e. The first-order valence-corrected chi connectivity index (χ1v) is 7.09. The third-order valence-electron chi connectivity index (χ3n) is 3.01. The van der Waals surface area contributed by atoms with Crippen molar-refractivity contribution < 1.29 is 4.74 Å². The van der Waals surface area contributed by atoms with E-state index in [1.54, 1.807) is 12.4 Å². The maximum absolute atomic E-state index is 5.69. The van der Waals surface area contributed by atoms with E-state index in [-0.39, 0.29) is 0 Å². The van der Waals surface area contributed by atoms with Gasteiger partial charge in [-0.2, -0.15) is 0 Å². The molecule has 0 fully saturated rings. The van der Waals surface area contributed by atoms with Crippen LogP contribution in [0.3, 0.4) is 0 Å². The van der Waals surface area contributed by atoms with Crippen LogP contribution in [0, 0.1) is 0 Å². The fourth-order valence-corrected chi connectivity index (χ4v) is 2.05. The normalized spacial score (nSPS) is 10.3. The highest BCUT2D eigenvalue weighted by atomic mass is 35.5. The third-order valence-corrected chi connectivity index (χ3v) is 3.32. The molecule has 0 radical (unpaired) electrons. The van der Waals surface area contributed by atoms with E-state index in [2.05, 4.69) is 22.1 Å². The molecule has 0 saturated heterocycles. The lowest BCUT2D eigenvalue weighted by Crippen LogP contribution is -1.92. The van der Waals surface area contributed by atoms with Crippen LogP contribution in [0.2, 0.25) is 0 Å². The molecule has 0 saturated carbocycles. The number of halogens is 1. The Morgan fingerprint density at radius 1 is 0.810 bits per heavy atom. The zero-order valence-electron chi connectivity index (χ0n) is 11.2. The molecule has 3 aromatic rings. The molecule has 3 rings (SSSR count). The summed E-state index contributed by atoms with van der Waals surface area (Å²) in [5.74, 6) is 1.10. The van der Waals surface area contributed by atoms with E-state index in [1.165, 1.54) is 5.56 Å². The van der Waals surface area contributed by atoms with Crippen molar-refractivity contribution in [2.45, 2.75) is 5.88 Å². The van der Waals surface area contributed by atoms with Crippen LogP contribution < -0.4 is 4.74 Å². The summed E-state index contributed by atoms with van der Waals surface area (Å²) in [6.45, 7) is 0. The molecular weight excluding hydrogens is 284 g/mol. The SMILES string of the molecule is ClCc1cnc(Oc2ccc(-c3ccccc3)cc2)nc1. The molecule has 0 bridgehead atoms. The molecule has 104 valence electrons. The second kappa shape index (κ2) is 6.37. The lowest BCUT2D eigenvalue weighted by Gasteiger charge is -2.05. The minimum Gasteiger partial charge on any atom is -0.424 e. The maximum atomic E-state index is 5.69. The average molecular weight is 297 g/mol. The Kier molecular flexibility index (Phi) is 4.12.